The number of hydrogen-bond acceptors (Lipinski definition) is 3. The molecule has 4 amide bonds. The summed E-state index contributed by atoms with van der Waals surface area (Å²) < 4.78 is 0. The predicted octanol–water partition coefficient (Wildman–Crippen LogP) is 3.47. The van der Waals surface area contributed by atoms with Crippen LogP contribution in [0.15, 0.2) is 24.3 Å². The molecule has 146 valence electrons. The van der Waals surface area contributed by atoms with Crippen LogP contribution < -0.4 is 10.6 Å². The molecule has 1 aromatic rings. The van der Waals surface area contributed by atoms with Gasteiger partial charge in [0.05, 0.1) is 0 Å². The number of carbonyl (C=O) groups excluding carboxylic acids is 3. The van der Waals surface area contributed by atoms with Crippen LogP contribution in [0.4, 0.5) is 10.5 Å². The summed E-state index contributed by atoms with van der Waals surface area (Å²) in [5.41, 5.74) is 1.11. The van der Waals surface area contributed by atoms with Crippen molar-refractivity contribution in [2.75, 3.05) is 11.9 Å². The van der Waals surface area contributed by atoms with Crippen LogP contribution in [-0.4, -0.2) is 34.8 Å². The Labute approximate surface area is 160 Å². The zero-order valence-corrected chi connectivity index (χ0v) is 16.2. The molecule has 1 saturated carbocycles. The summed E-state index contributed by atoms with van der Waals surface area (Å²) in [5, 5.41) is 5.62. The van der Waals surface area contributed by atoms with E-state index in [-0.39, 0.29) is 18.4 Å². The number of carbonyl (C=O) groups is 3. The Kier molecular flexibility index (Phi) is 5.82. The molecule has 2 fully saturated rings. The summed E-state index contributed by atoms with van der Waals surface area (Å²) >= 11 is 0. The van der Waals surface area contributed by atoms with Crippen molar-refractivity contribution >= 4 is 23.5 Å². The maximum atomic E-state index is 12.8. The van der Waals surface area contributed by atoms with Gasteiger partial charge >= 0.3 is 6.03 Å². The molecule has 1 aromatic carbocycles. The van der Waals surface area contributed by atoms with Gasteiger partial charge < -0.3 is 10.6 Å². The van der Waals surface area contributed by atoms with Crippen molar-refractivity contribution in [3.05, 3.63) is 29.8 Å². The van der Waals surface area contributed by atoms with E-state index in [2.05, 4.69) is 24.5 Å². The molecule has 1 aliphatic carbocycles. The molecular weight excluding hydrogens is 342 g/mol. The standard InChI is InChI=1S/C21H29N3O3/c1-3-4-5-16-6-8-17(9-7-16)22-18(25)14-24-19(26)21(23-20(24)27)12-10-15(2)11-13-21/h6-9,15H,3-5,10-14H2,1-2H3,(H,22,25)(H,23,27). The number of hydrogen-bond donors (Lipinski definition) is 2. The zero-order chi connectivity index (χ0) is 19.4. The van der Waals surface area contributed by atoms with Crippen LogP contribution in [0.1, 0.15) is 57.9 Å². The first-order valence-electron chi connectivity index (χ1n) is 9.96. The van der Waals surface area contributed by atoms with E-state index in [0.717, 1.165) is 37.0 Å². The van der Waals surface area contributed by atoms with Crippen molar-refractivity contribution in [1.82, 2.24) is 10.2 Å². The summed E-state index contributed by atoms with van der Waals surface area (Å²) in [4.78, 5) is 38.5. The number of urea groups is 1. The van der Waals surface area contributed by atoms with Gasteiger partial charge in [-0.2, -0.15) is 0 Å². The molecular formula is C21H29N3O3. The molecule has 6 nitrogen and oxygen atoms in total. The highest BCUT2D eigenvalue weighted by molar-refractivity contribution is 6.10. The first-order chi connectivity index (χ1) is 12.9. The fourth-order valence-electron chi connectivity index (χ4n) is 3.89. The van der Waals surface area contributed by atoms with Crippen LogP contribution in [-0.2, 0) is 16.0 Å². The number of aryl methyl sites for hydroxylation is 1. The first-order valence-corrected chi connectivity index (χ1v) is 9.96. The minimum atomic E-state index is -0.801. The van der Waals surface area contributed by atoms with Gasteiger partial charge in [0.1, 0.15) is 12.1 Å². The molecule has 1 heterocycles. The average molecular weight is 371 g/mol. The number of imide groups is 1. The first kappa shape index (κ1) is 19.4. The fourth-order valence-corrected chi connectivity index (χ4v) is 3.89. The number of anilines is 1. The number of rotatable bonds is 6. The topological polar surface area (TPSA) is 78.5 Å². The van der Waals surface area contributed by atoms with E-state index in [9.17, 15) is 14.4 Å². The number of unbranched alkanes of at least 4 members (excludes halogenated alkanes) is 1. The Morgan fingerprint density at radius 1 is 1.22 bits per heavy atom. The monoisotopic (exact) mass is 371 g/mol. The molecule has 27 heavy (non-hydrogen) atoms. The quantitative estimate of drug-likeness (QED) is 0.752. The predicted molar refractivity (Wildman–Crippen MR) is 104 cm³/mol. The molecule has 3 rings (SSSR count). The van der Waals surface area contributed by atoms with Crippen molar-refractivity contribution in [2.45, 2.75) is 64.3 Å². The smallest absolute Gasteiger partial charge is 0.325 e. The maximum absolute atomic E-state index is 12.8. The molecule has 2 aliphatic rings. The lowest BCUT2D eigenvalue weighted by Gasteiger charge is -2.33. The molecule has 1 spiro atoms. The van der Waals surface area contributed by atoms with Crippen LogP contribution in [0, 0.1) is 5.92 Å². The second-order valence-corrected chi connectivity index (χ2v) is 7.93. The molecule has 1 saturated heterocycles. The molecule has 0 bridgehead atoms. The molecule has 0 unspecified atom stereocenters. The van der Waals surface area contributed by atoms with Gasteiger partial charge in [0, 0.05) is 5.69 Å². The van der Waals surface area contributed by atoms with E-state index in [1.165, 1.54) is 5.56 Å². The van der Waals surface area contributed by atoms with Crippen molar-refractivity contribution in [3.8, 4) is 0 Å². The SMILES string of the molecule is CCCCc1ccc(NC(=O)CN2C(=O)NC3(CCC(C)CC3)C2=O)cc1. The Morgan fingerprint density at radius 2 is 1.89 bits per heavy atom. The fraction of sp³-hybridized carbons (Fsp3) is 0.571. The molecule has 0 atom stereocenters. The van der Waals surface area contributed by atoms with E-state index in [4.69, 9.17) is 0 Å². The highest BCUT2D eigenvalue weighted by Crippen LogP contribution is 2.36. The molecule has 0 aromatic heterocycles. The summed E-state index contributed by atoms with van der Waals surface area (Å²) in [6, 6.07) is 7.26. The van der Waals surface area contributed by atoms with Crippen molar-refractivity contribution in [3.63, 3.8) is 0 Å². The highest BCUT2D eigenvalue weighted by atomic mass is 16.2. The zero-order valence-electron chi connectivity index (χ0n) is 16.2. The van der Waals surface area contributed by atoms with Crippen molar-refractivity contribution in [1.29, 1.82) is 0 Å². The van der Waals surface area contributed by atoms with Gasteiger partial charge in [0.15, 0.2) is 0 Å². The molecule has 1 aliphatic heterocycles. The van der Waals surface area contributed by atoms with Crippen LogP contribution in [0.3, 0.4) is 0 Å². The maximum Gasteiger partial charge on any atom is 0.325 e. The third-order valence-electron chi connectivity index (χ3n) is 5.73. The van der Waals surface area contributed by atoms with Gasteiger partial charge in [0.25, 0.3) is 5.91 Å². The number of amides is 4. The average Bonchev–Trinajstić information content (AvgIpc) is 2.88. The van der Waals surface area contributed by atoms with Crippen LogP contribution >= 0.6 is 0 Å². The van der Waals surface area contributed by atoms with Gasteiger partial charge in [-0.05, 0) is 62.1 Å². The van der Waals surface area contributed by atoms with Gasteiger partial charge in [0.2, 0.25) is 5.91 Å². The lowest BCUT2D eigenvalue weighted by molar-refractivity contribution is -0.135. The number of benzene rings is 1. The van der Waals surface area contributed by atoms with Crippen LogP contribution in [0.5, 0.6) is 0 Å². The Bertz CT molecular complexity index is 706. The van der Waals surface area contributed by atoms with Gasteiger partial charge in [-0.3, -0.25) is 14.5 Å². The number of nitrogens with one attached hydrogen (secondary N) is 2. The van der Waals surface area contributed by atoms with Crippen LogP contribution in [0.2, 0.25) is 0 Å². The van der Waals surface area contributed by atoms with Crippen molar-refractivity contribution < 1.29 is 14.4 Å². The number of nitrogens with zero attached hydrogens (tertiary/aromatic N) is 1. The summed E-state index contributed by atoms with van der Waals surface area (Å²) in [6.45, 7) is 4.06. The molecule has 2 N–H and O–H groups in total. The van der Waals surface area contributed by atoms with Crippen LogP contribution in [0.25, 0.3) is 0 Å². The summed E-state index contributed by atoms with van der Waals surface area (Å²) in [6.07, 6.45) is 6.43. The van der Waals surface area contributed by atoms with Crippen molar-refractivity contribution in [2.24, 2.45) is 5.92 Å². The minimum Gasteiger partial charge on any atom is -0.325 e. The van der Waals surface area contributed by atoms with Gasteiger partial charge in [-0.1, -0.05) is 32.4 Å². The Hall–Kier alpha value is -2.37. The minimum absolute atomic E-state index is 0.250. The van der Waals surface area contributed by atoms with E-state index >= 15 is 0 Å². The van der Waals surface area contributed by atoms with E-state index in [1.54, 1.807) is 0 Å². The normalized spacial score (nSPS) is 25.0. The Morgan fingerprint density at radius 3 is 2.52 bits per heavy atom. The molecule has 0 radical (unpaired) electrons. The lowest BCUT2D eigenvalue weighted by Crippen LogP contribution is -2.49. The third-order valence-corrected chi connectivity index (χ3v) is 5.73. The third kappa shape index (κ3) is 4.31. The summed E-state index contributed by atoms with van der Waals surface area (Å²) in [5.74, 6) is -0.0523. The van der Waals surface area contributed by atoms with Gasteiger partial charge in [-0.15, -0.1) is 0 Å². The second-order valence-electron chi connectivity index (χ2n) is 7.93. The van der Waals surface area contributed by atoms with E-state index in [0.29, 0.717) is 24.4 Å². The van der Waals surface area contributed by atoms with Gasteiger partial charge in [-0.25, -0.2) is 4.79 Å². The van der Waals surface area contributed by atoms with E-state index < -0.39 is 11.6 Å². The Balaban J connectivity index is 1.57. The van der Waals surface area contributed by atoms with E-state index in [1.807, 2.05) is 24.3 Å². The largest absolute Gasteiger partial charge is 0.325 e. The highest BCUT2D eigenvalue weighted by Gasteiger charge is 2.52. The lowest BCUT2D eigenvalue weighted by atomic mass is 9.77. The molecule has 6 heteroatoms. The second kappa shape index (κ2) is 8.11. The summed E-state index contributed by atoms with van der Waals surface area (Å²) in [7, 11) is 0.